The van der Waals surface area contributed by atoms with E-state index in [1.165, 1.54) is 6.07 Å². The molecule has 0 aromatic heterocycles. The number of hydrogen-bond donors (Lipinski definition) is 0. The monoisotopic (exact) mass is 241 g/mol. The summed E-state index contributed by atoms with van der Waals surface area (Å²) >= 11 is 5.93. The first kappa shape index (κ1) is 11.4. The maximum Gasteiger partial charge on any atom is 0.254 e. The second kappa shape index (κ2) is 4.42. The minimum atomic E-state index is -0.340. The molecule has 86 valence electrons. The summed E-state index contributed by atoms with van der Waals surface area (Å²) in [6, 6.07) is 4.57. The van der Waals surface area contributed by atoms with E-state index in [0.29, 0.717) is 24.2 Å². The summed E-state index contributed by atoms with van der Waals surface area (Å²) in [7, 11) is 0. The summed E-state index contributed by atoms with van der Waals surface area (Å²) in [6.45, 7) is 2.88. The highest BCUT2D eigenvalue weighted by Gasteiger charge is 2.25. The zero-order valence-corrected chi connectivity index (χ0v) is 9.80. The average Bonchev–Trinajstić information content (AvgIpc) is 2.68. The first-order valence-electron chi connectivity index (χ1n) is 5.27. The van der Waals surface area contributed by atoms with Gasteiger partial charge in [-0.2, -0.15) is 0 Å². The molecule has 1 atom stereocenters. The summed E-state index contributed by atoms with van der Waals surface area (Å²) < 4.78 is 13.3. The molecule has 0 bridgehead atoms. The van der Waals surface area contributed by atoms with Crippen LogP contribution in [-0.2, 0) is 0 Å². The fourth-order valence-corrected chi connectivity index (χ4v) is 2.07. The van der Waals surface area contributed by atoms with Crippen molar-refractivity contribution in [2.24, 2.45) is 0 Å². The topological polar surface area (TPSA) is 20.3 Å². The molecule has 0 N–H and O–H groups in total. The largest absolute Gasteiger partial charge is 0.337 e. The second-order valence-electron chi connectivity index (χ2n) is 4.10. The lowest BCUT2D eigenvalue weighted by atomic mass is 10.1. The van der Waals surface area contributed by atoms with E-state index in [9.17, 15) is 9.18 Å². The third kappa shape index (κ3) is 2.19. The number of nitrogens with zero attached hydrogens (tertiary/aromatic N) is 1. The van der Waals surface area contributed by atoms with Crippen LogP contribution in [0.5, 0.6) is 0 Å². The minimum Gasteiger partial charge on any atom is -0.337 e. The standard InChI is InChI=1S/C12H13ClFNO/c1-8-2-3-9(6-11(8)14)12(16)15-5-4-10(13)7-15/h2-3,6,10H,4-5,7H2,1H3. The zero-order chi connectivity index (χ0) is 11.7. The quantitative estimate of drug-likeness (QED) is 0.692. The molecule has 1 unspecified atom stereocenters. The minimum absolute atomic E-state index is 0.0271. The molecule has 1 aromatic carbocycles. The predicted octanol–water partition coefficient (Wildman–Crippen LogP) is 2.59. The highest BCUT2D eigenvalue weighted by Crippen LogP contribution is 2.18. The van der Waals surface area contributed by atoms with Gasteiger partial charge in [0.15, 0.2) is 0 Å². The Morgan fingerprint density at radius 1 is 1.56 bits per heavy atom. The molecule has 4 heteroatoms. The van der Waals surface area contributed by atoms with Gasteiger partial charge in [0.25, 0.3) is 5.91 Å². The van der Waals surface area contributed by atoms with Crippen LogP contribution in [0.1, 0.15) is 22.3 Å². The van der Waals surface area contributed by atoms with E-state index < -0.39 is 0 Å². The van der Waals surface area contributed by atoms with Crippen LogP contribution in [0.2, 0.25) is 0 Å². The molecule has 1 fully saturated rings. The SMILES string of the molecule is Cc1ccc(C(=O)N2CCC(Cl)C2)cc1F. The van der Waals surface area contributed by atoms with Crippen molar-refractivity contribution in [3.05, 3.63) is 35.1 Å². The van der Waals surface area contributed by atoms with Crippen LogP contribution >= 0.6 is 11.6 Å². The van der Waals surface area contributed by atoms with Crippen molar-refractivity contribution < 1.29 is 9.18 Å². The lowest BCUT2D eigenvalue weighted by Gasteiger charge is -2.15. The van der Waals surface area contributed by atoms with Crippen LogP contribution in [0.4, 0.5) is 4.39 Å². The van der Waals surface area contributed by atoms with Gasteiger partial charge < -0.3 is 4.90 Å². The molecule has 16 heavy (non-hydrogen) atoms. The van der Waals surface area contributed by atoms with Crippen molar-refractivity contribution in [2.75, 3.05) is 13.1 Å². The lowest BCUT2D eigenvalue weighted by molar-refractivity contribution is 0.0792. The number of carbonyl (C=O) groups is 1. The molecule has 1 saturated heterocycles. The molecule has 0 aliphatic carbocycles. The Kier molecular flexibility index (Phi) is 3.15. The predicted molar refractivity (Wildman–Crippen MR) is 61.3 cm³/mol. The Balaban J connectivity index is 2.18. The van der Waals surface area contributed by atoms with E-state index in [2.05, 4.69) is 0 Å². The molecule has 1 heterocycles. The van der Waals surface area contributed by atoms with Crippen molar-refractivity contribution in [1.29, 1.82) is 0 Å². The van der Waals surface area contributed by atoms with E-state index in [1.54, 1.807) is 24.0 Å². The number of aryl methyl sites for hydroxylation is 1. The number of hydrogen-bond acceptors (Lipinski definition) is 1. The van der Waals surface area contributed by atoms with Gasteiger partial charge >= 0.3 is 0 Å². The maximum atomic E-state index is 13.3. The average molecular weight is 242 g/mol. The number of amides is 1. The molecule has 0 radical (unpaired) electrons. The fourth-order valence-electron chi connectivity index (χ4n) is 1.81. The Hall–Kier alpha value is -1.09. The van der Waals surface area contributed by atoms with Gasteiger partial charge in [-0.15, -0.1) is 11.6 Å². The fraction of sp³-hybridized carbons (Fsp3) is 0.417. The normalized spacial score (nSPS) is 20.2. The third-order valence-electron chi connectivity index (χ3n) is 2.84. The van der Waals surface area contributed by atoms with Crippen LogP contribution < -0.4 is 0 Å². The van der Waals surface area contributed by atoms with Gasteiger partial charge in [-0.3, -0.25) is 4.79 Å². The van der Waals surface area contributed by atoms with Crippen molar-refractivity contribution in [1.82, 2.24) is 4.90 Å². The molecule has 1 aliphatic heterocycles. The summed E-state index contributed by atoms with van der Waals surface area (Å²) in [5.41, 5.74) is 0.946. The third-order valence-corrected chi connectivity index (χ3v) is 3.19. The number of carbonyl (C=O) groups excluding carboxylic acids is 1. The van der Waals surface area contributed by atoms with Crippen LogP contribution in [0.25, 0.3) is 0 Å². The highest BCUT2D eigenvalue weighted by atomic mass is 35.5. The van der Waals surface area contributed by atoms with Crippen LogP contribution in [0, 0.1) is 12.7 Å². The van der Waals surface area contributed by atoms with E-state index in [0.717, 1.165) is 6.42 Å². The molecule has 1 aromatic rings. The van der Waals surface area contributed by atoms with Gasteiger partial charge in [0, 0.05) is 18.7 Å². The number of likely N-dealkylation sites (tertiary alicyclic amines) is 1. The van der Waals surface area contributed by atoms with Crippen LogP contribution in [0.3, 0.4) is 0 Å². The molecule has 0 saturated carbocycles. The Morgan fingerprint density at radius 3 is 2.88 bits per heavy atom. The Labute approximate surface area is 99.0 Å². The van der Waals surface area contributed by atoms with E-state index in [4.69, 9.17) is 11.6 Å². The first-order chi connectivity index (χ1) is 7.58. The smallest absolute Gasteiger partial charge is 0.254 e. The van der Waals surface area contributed by atoms with Gasteiger partial charge in [-0.1, -0.05) is 6.07 Å². The van der Waals surface area contributed by atoms with Gasteiger partial charge in [-0.05, 0) is 31.0 Å². The first-order valence-corrected chi connectivity index (χ1v) is 5.71. The molecule has 0 spiro atoms. The van der Waals surface area contributed by atoms with Gasteiger partial charge in [0.1, 0.15) is 5.82 Å². The number of alkyl halides is 1. The Bertz CT molecular complexity index is 421. The van der Waals surface area contributed by atoms with Gasteiger partial charge in [0.2, 0.25) is 0 Å². The molecular weight excluding hydrogens is 229 g/mol. The van der Waals surface area contributed by atoms with Crippen molar-refractivity contribution in [2.45, 2.75) is 18.7 Å². The zero-order valence-electron chi connectivity index (χ0n) is 9.04. The van der Waals surface area contributed by atoms with Crippen LogP contribution in [0.15, 0.2) is 18.2 Å². The van der Waals surface area contributed by atoms with Crippen molar-refractivity contribution >= 4 is 17.5 Å². The summed E-state index contributed by atoms with van der Waals surface area (Å²) in [4.78, 5) is 13.6. The highest BCUT2D eigenvalue weighted by molar-refractivity contribution is 6.21. The number of halogens is 2. The maximum absolute atomic E-state index is 13.3. The van der Waals surface area contributed by atoms with Gasteiger partial charge in [-0.25, -0.2) is 4.39 Å². The van der Waals surface area contributed by atoms with E-state index in [1.807, 2.05) is 0 Å². The molecular formula is C12H13ClFNO. The summed E-state index contributed by atoms with van der Waals surface area (Å²) in [5, 5.41) is 0.0271. The number of rotatable bonds is 1. The van der Waals surface area contributed by atoms with Crippen LogP contribution in [-0.4, -0.2) is 29.3 Å². The van der Waals surface area contributed by atoms with E-state index in [-0.39, 0.29) is 17.1 Å². The second-order valence-corrected chi connectivity index (χ2v) is 4.72. The molecule has 2 nitrogen and oxygen atoms in total. The van der Waals surface area contributed by atoms with Crippen molar-refractivity contribution in [3.8, 4) is 0 Å². The Morgan fingerprint density at radius 2 is 2.31 bits per heavy atom. The summed E-state index contributed by atoms with van der Waals surface area (Å²) in [6.07, 6.45) is 0.807. The molecule has 1 aliphatic rings. The lowest BCUT2D eigenvalue weighted by Crippen LogP contribution is -2.28. The van der Waals surface area contributed by atoms with Gasteiger partial charge in [0.05, 0.1) is 5.38 Å². The molecule has 2 rings (SSSR count). The van der Waals surface area contributed by atoms with E-state index >= 15 is 0 Å². The van der Waals surface area contributed by atoms with Crippen molar-refractivity contribution in [3.63, 3.8) is 0 Å². The number of benzene rings is 1. The summed E-state index contributed by atoms with van der Waals surface area (Å²) in [5.74, 6) is -0.477. The molecule has 1 amide bonds.